The molecule has 0 saturated heterocycles. The van der Waals surface area contributed by atoms with Crippen molar-refractivity contribution >= 4 is 97.0 Å². The molecular formula is C70H42. The number of rotatable bonds is 4. The molecule has 0 fully saturated rings. The number of hydrogen-bond acceptors (Lipinski definition) is 0. The maximum absolute atomic E-state index is 2.55. The molecule has 1 aliphatic rings. The van der Waals surface area contributed by atoms with Crippen molar-refractivity contribution in [1.82, 2.24) is 0 Å². The lowest BCUT2D eigenvalue weighted by Crippen LogP contribution is -2.29. The summed E-state index contributed by atoms with van der Waals surface area (Å²) in [6.45, 7) is 2.20. The summed E-state index contributed by atoms with van der Waals surface area (Å²) in [6.07, 6.45) is 0. The first kappa shape index (κ1) is 38.2. The fraction of sp³-hybridized carbons (Fsp3) is 0.0286. The van der Waals surface area contributed by atoms with Gasteiger partial charge in [-0.05, 0) is 172 Å². The lowest BCUT2D eigenvalue weighted by molar-refractivity contribution is 0.776. The summed E-state index contributed by atoms with van der Waals surface area (Å²) in [5.74, 6) is 0. The van der Waals surface area contributed by atoms with E-state index < -0.39 is 5.41 Å². The van der Waals surface area contributed by atoms with E-state index in [1.165, 1.54) is 158 Å². The summed E-state index contributed by atoms with van der Waals surface area (Å²) in [5.41, 5.74) is 13.3. The van der Waals surface area contributed by atoms with E-state index in [0.717, 1.165) is 0 Å². The van der Waals surface area contributed by atoms with E-state index >= 15 is 0 Å². The Morgan fingerprint density at radius 3 is 1.13 bits per heavy atom. The normalized spacial score (nSPS) is 13.3. The fourth-order valence-electron chi connectivity index (χ4n) is 13.6. The zero-order chi connectivity index (χ0) is 45.8. The Bertz CT molecular complexity index is 4360. The van der Waals surface area contributed by atoms with E-state index in [2.05, 4.69) is 244 Å². The molecule has 0 atom stereocenters. The average molecular weight is 883 g/mol. The maximum Gasteiger partial charge on any atom is 0.0719 e. The molecule has 0 saturated carbocycles. The summed E-state index contributed by atoms with van der Waals surface area (Å²) in [5, 5.41) is 23.5. The van der Waals surface area contributed by atoms with Crippen LogP contribution in [0.25, 0.3) is 130 Å². The number of aryl methyl sites for hydroxylation is 1. The molecule has 0 aliphatic heterocycles. The van der Waals surface area contributed by atoms with Crippen molar-refractivity contribution in [2.75, 3.05) is 0 Å². The Labute approximate surface area is 405 Å². The summed E-state index contributed by atoms with van der Waals surface area (Å²) in [4.78, 5) is 0. The SMILES string of the molecule is Cc1ccc(C2(c3cccc4ccccc34)c3cc(-c4ccc5c6cccc7cccc(c8cccc4c85)c76)ccc3-c3ccc(-c4ccc5c6cccc7cccc(c8cccc4c85)c76)cc32)cc1. The van der Waals surface area contributed by atoms with Gasteiger partial charge in [0.1, 0.15) is 0 Å². The molecule has 0 heterocycles. The summed E-state index contributed by atoms with van der Waals surface area (Å²) in [6, 6.07) is 90.5. The highest BCUT2D eigenvalue weighted by atomic mass is 14.5. The van der Waals surface area contributed by atoms with Crippen molar-refractivity contribution in [1.29, 1.82) is 0 Å². The summed E-state index contributed by atoms with van der Waals surface area (Å²) >= 11 is 0. The quantitative estimate of drug-likeness (QED) is 0.122. The molecule has 0 N–H and O–H groups in total. The highest BCUT2D eigenvalue weighted by molar-refractivity contribution is 6.35. The molecule has 0 heteroatoms. The van der Waals surface area contributed by atoms with Gasteiger partial charge in [-0.2, -0.15) is 0 Å². The van der Waals surface area contributed by atoms with Crippen LogP contribution < -0.4 is 0 Å². The largest absolute Gasteiger partial charge is 0.0719 e. The Morgan fingerprint density at radius 2 is 0.614 bits per heavy atom. The van der Waals surface area contributed by atoms with Gasteiger partial charge in [-0.15, -0.1) is 0 Å². The van der Waals surface area contributed by atoms with Gasteiger partial charge in [0.05, 0.1) is 5.41 Å². The smallest absolute Gasteiger partial charge is 0.0616 e. The van der Waals surface area contributed by atoms with Crippen LogP contribution in [-0.2, 0) is 5.41 Å². The van der Waals surface area contributed by atoms with Crippen molar-refractivity contribution in [3.63, 3.8) is 0 Å². The molecule has 0 unspecified atom stereocenters. The highest BCUT2D eigenvalue weighted by Crippen LogP contribution is 2.59. The molecular weight excluding hydrogens is 841 g/mol. The molecule has 16 rings (SSSR count). The zero-order valence-corrected chi connectivity index (χ0v) is 38.5. The van der Waals surface area contributed by atoms with Gasteiger partial charge in [0.2, 0.25) is 0 Å². The zero-order valence-electron chi connectivity index (χ0n) is 38.5. The maximum atomic E-state index is 2.55. The molecule has 322 valence electrons. The van der Waals surface area contributed by atoms with E-state index in [1.54, 1.807) is 0 Å². The van der Waals surface area contributed by atoms with Gasteiger partial charge in [0.25, 0.3) is 0 Å². The van der Waals surface area contributed by atoms with Gasteiger partial charge in [0.15, 0.2) is 0 Å². The van der Waals surface area contributed by atoms with Crippen LogP contribution in [0.5, 0.6) is 0 Å². The van der Waals surface area contributed by atoms with Gasteiger partial charge in [-0.1, -0.05) is 230 Å². The second-order valence-corrected chi connectivity index (χ2v) is 19.9. The van der Waals surface area contributed by atoms with E-state index in [-0.39, 0.29) is 0 Å². The summed E-state index contributed by atoms with van der Waals surface area (Å²) < 4.78 is 0. The molecule has 0 radical (unpaired) electrons. The predicted octanol–water partition coefficient (Wildman–Crippen LogP) is 18.9. The monoisotopic (exact) mass is 882 g/mol. The van der Waals surface area contributed by atoms with Gasteiger partial charge in [0, 0.05) is 0 Å². The summed E-state index contributed by atoms with van der Waals surface area (Å²) in [7, 11) is 0. The molecule has 0 bridgehead atoms. The van der Waals surface area contributed by atoms with Crippen molar-refractivity contribution in [2.45, 2.75) is 12.3 Å². The fourth-order valence-corrected chi connectivity index (χ4v) is 13.6. The highest BCUT2D eigenvalue weighted by Gasteiger charge is 2.47. The third kappa shape index (κ3) is 4.90. The first-order valence-corrected chi connectivity index (χ1v) is 24.7. The van der Waals surface area contributed by atoms with Crippen LogP contribution in [0.4, 0.5) is 0 Å². The minimum absolute atomic E-state index is 0.646. The van der Waals surface area contributed by atoms with Crippen molar-refractivity contribution in [3.8, 4) is 33.4 Å². The standard InChI is InChI=1S/C70H42/c1-41-27-31-47(32-28-41)70(63-26-8-12-42-11-2-3-17-50(42)63)64-39-45(48-35-37-61-57-20-6-15-43-13-4-18-55(66(43)57)59-24-9-22-53(48)68(59)61)29-33-51(64)52-34-30-46(40-65(52)70)49-36-38-62-58-21-7-16-44-14-5-19-56(67(44)58)60-25-10-23-54(49)69(60)62/h2-40H,1H3. The van der Waals surface area contributed by atoms with Crippen LogP contribution >= 0.6 is 0 Å². The molecule has 1 aliphatic carbocycles. The van der Waals surface area contributed by atoms with E-state index in [4.69, 9.17) is 0 Å². The first-order valence-electron chi connectivity index (χ1n) is 24.7. The van der Waals surface area contributed by atoms with E-state index in [0.29, 0.717) is 0 Å². The van der Waals surface area contributed by atoms with Crippen molar-refractivity contribution in [2.24, 2.45) is 0 Å². The van der Waals surface area contributed by atoms with Crippen LogP contribution in [0, 0.1) is 6.92 Å². The molecule has 15 aromatic rings. The van der Waals surface area contributed by atoms with Gasteiger partial charge < -0.3 is 0 Å². The molecule has 0 spiro atoms. The lowest BCUT2D eigenvalue weighted by Gasteiger charge is -2.35. The van der Waals surface area contributed by atoms with Gasteiger partial charge >= 0.3 is 0 Å². The predicted molar refractivity (Wildman–Crippen MR) is 299 cm³/mol. The van der Waals surface area contributed by atoms with Crippen LogP contribution in [-0.4, -0.2) is 0 Å². The minimum Gasteiger partial charge on any atom is -0.0616 e. The number of benzene rings is 15. The second-order valence-electron chi connectivity index (χ2n) is 19.9. The Hall–Kier alpha value is -8.84. The van der Waals surface area contributed by atoms with Crippen molar-refractivity contribution in [3.05, 3.63) is 264 Å². The van der Waals surface area contributed by atoms with Gasteiger partial charge in [-0.3, -0.25) is 0 Å². The minimum atomic E-state index is -0.646. The molecule has 15 aromatic carbocycles. The second kappa shape index (κ2) is 13.9. The third-order valence-electron chi connectivity index (χ3n) is 16.5. The lowest BCUT2D eigenvalue weighted by atomic mass is 9.66. The Morgan fingerprint density at radius 1 is 0.243 bits per heavy atom. The van der Waals surface area contributed by atoms with E-state index in [9.17, 15) is 0 Å². The molecule has 0 amide bonds. The van der Waals surface area contributed by atoms with Crippen LogP contribution in [0.1, 0.15) is 27.8 Å². The van der Waals surface area contributed by atoms with Gasteiger partial charge in [-0.25, -0.2) is 0 Å². The van der Waals surface area contributed by atoms with Crippen LogP contribution in [0.3, 0.4) is 0 Å². The third-order valence-corrected chi connectivity index (χ3v) is 16.5. The Kier molecular flexibility index (Phi) is 7.57. The van der Waals surface area contributed by atoms with E-state index in [1.807, 2.05) is 0 Å². The first-order chi connectivity index (χ1) is 34.6. The number of fused-ring (bicyclic) bond motifs is 8. The Balaban J connectivity index is 0.992. The molecule has 0 aromatic heterocycles. The van der Waals surface area contributed by atoms with Crippen molar-refractivity contribution < 1.29 is 0 Å². The topological polar surface area (TPSA) is 0 Å². The number of hydrogen-bond donors (Lipinski definition) is 0. The molecule has 0 nitrogen and oxygen atoms in total. The average Bonchev–Trinajstić information content (AvgIpc) is 3.70. The van der Waals surface area contributed by atoms with Crippen LogP contribution in [0.15, 0.2) is 237 Å². The van der Waals surface area contributed by atoms with Crippen LogP contribution in [0.2, 0.25) is 0 Å². The molecule has 70 heavy (non-hydrogen) atoms.